The normalized spacial score (nSPS) is 12.6. The fourth-order valence-electron chi connectivity index (χ4n) is 1.49. The van der Waals surface area contributed by atoms with E-state index < -0.39 is 24.5 Å². The van der Waals surface area contributed by atoms with Crippen LogP contribution in [0, 0.1) is 6.92 Å². The average Bonchev–Trinajstić information content (AvgIpc) is 2.27. The van der Waals surface area contributed by atoms with E-state index in [1.165, 1.54) is 19.1 Å². The Labute approximate surface area is 111 Å². The lowest BCUT2D eigenvalue weighted by molar-refractivity contribution is -0.172. The Balaban J connectivity index is 2.49. The lowest BCUT2D eigenvalue weighted by atomic mass is 10.1. The monoisotopic (exact) mass is 301 g/mol. The predicted molar refractivity (Wildman–Crippen MR) is 61.5 cm³/mol. The van der Waals surface area contributed by atoms with Crippen LogP contribution in [0.15, 0.2) is 18.2 Å². The Kier molecular flexibility index (Phi) is 5.27. The molecule has 1 aromatic carbocycles. The molecule has 1 aromatic rings. The zero-order valence-electron chi connectivity index (χ0n) is 10.5. The van der Waals surface area contributed by atoms with Gasteiger partial charge in [-0.15, -0.1) is 0 Å². The summed E-state index contributed by atoms with van der Waals surface area (Å²) in [7, 11) is 0. The third kappa shape index (κ3) is 5.68. The van der Waals surface area contributed by atoms with Crippen LogP contribution in [0.4, 0.5) is 32.0 Å². The van der Waals surface area contributed by atoms with Crippen LogP contribution < -0.4 is 5.32 Å². The van der Waals surface area contributed by atoms with Gasteiger partial charge in [-0.3, -0.25) is 0 Å². The van der Waals surface area contributed by atoms with Gasteiger partial charge < -0.3 is 10.1 Å². The number of alkyl halides is 6. The molecule has 20 heavy (non-hydrogen) atoms. The SMILES string of the molecule is Cc1ccc(NCCOCC(F)(F)F)cc1C(F)(F)F. The Morgan fingerprint density at radius 1 is 1.10 bits per heavy atom. The van der Waals surface area contributed by atoms with Gasteiger partial charge in [-0.1, -0.05) is 6.07 Å². The van der Waals surface area contributed by atoms with Gasteiger partial charge >= 0.3 is 12.4 Å². The minimum Gasteiger partial charge on any atom is -0.383 e. The van der Waals surface area contributed by atoms with E-state index >= 15 is 0 Å². The topological polar surface area (TPSA) is 21.3 Å². The Hall–Kier alpha value is -1.44. The van der Waals surface area contributed by atoms with Crippen LogP contribution in [0.5, 0.6) is 0 Å². The molecular weight excluding hydrogens is 288 g/mol. The second-order valence-electron chi connectivity index (χ2n) is 4.12. The third-order valence-corrected chi connectivity index (χ3v) is 2.38. The summed E-state index contributed by atoms with van der Waals surface area (Å²) in [4.78, 5) is 0. The quantitative estimate of drug-likeness (QED) is 0.655. The number of rotatable bonds is 5. The van der Waals surface area contributed by atoms with Gasteiger partial charge in [0.1, 0.15) is 6.61 Å². The molecule has 0 saturated carbocycles. The van der Waals surface area contributed by atoms with E-state index in [1.54, 1.807) is 0 Å². The van der Waals surface area contributed by atoms with Crippen LogP contribution in [0.3, 0.4) is 0 Å². The van der Waals surface area contributed by atoms with Gasteiger partial charge in [0.05, 0.1) is 12.2 Å². The summed E-state index contributed by atoms with van der Waals surface area (Å²) in [6, 6.07) is 3.63. The largest absolute Gasteiger partial charge is 0.416 e. The molecule has 114 valence electrons. The van der Waals surface area contributed by atoms with Crippen molar-refractivity contribution in [2.45, 2.75) is 19.3 Å². The molecule has 0 saturated heterocycles. The van der Waals surface area contributed by atoms with E-state index in [2.05, 4.69) is 10.1 Å². The van der Waals surface area contributed by atoms with Crippen LogP contribution in [-0.4, -0.2) is 25.9 Å². The van der Waals surface area contributed by atoms with Crippen molar-refractivity contribution in [2.75, 3.05) is 25.1 Å². The number of anilines is 1. The smallest absolute Gasteiger partial charge is 0.383 e. The van der Waals surface area contributed by atoms with Crippen molar-refractivity contribution in [3.05, 3.63) is 29.3 Å². The summed E-state index contributed by atoms with van der Waals surface area (Å²) in [6.07, 6.45) is -8.87. The van der Waals surface area contributed by atoms with Gasteiger partial charge in [-0.2, -0.15) is 26.3 Å². The van der Waals surface area contributed by atoms with Crippen molar-refractivity contribution in [1.29, 1.82) is 0 Å². The molecule has 0 fully saturated rings. The Morgan fingerprint density at radius 2 is 1.75 bits per heavy atom. The first kappa shape index (κ1) is 16.6. The number of benzene rings is 1. The highest BCUT2D eigenvalue weighted by Gasteiger charge is 2.32. The van der Waals surface area contributed by atoms with Crippen LogP contribution in [0.1, 0.15) is 11.1 Å². The van der Waals surface area contributed by atoms with Gasteiger partial charge in [0.25, 0.3) is 0 Å². The molecule has 0 spiro atoms. The zero-order valence-corrected chi connectivity index (χ0v) is 10.5. The molecule has 0 aliphatic heterocycles. The summed E-state index contributed by atoms with van der Waals surface area (Å²) in [6.45, 7) is -0.319. The van der Waals surface area contributed by atoms with Crippen LogP contribution in [0.25, 0.3) is 0 Å². The fraction of sp³-hybridized carbons (Fsp3) is 0.500. The molecule has 0 aliphatic rings. The first-order valence-corrected chi connectivity index (χ1v) is 5.66. The first-order valence-electron chi connectivity index (χ1n) is 5.66. The Morgan fingerprint density at radius 3 is 2.30 bits per heavy atom. The minimum atomic E-state index is -4.46. The molecule has 0 aliphatic carbocycles. The lowest BCUT2D eigenvalue weighted by Gasteiger charge is -2.13. The number of aryl methyl sites for hydroxylation is 1. The van der Waals surface area contributed by atoms with Gasteiger partial charge in [0.2, 0.25) is 0 Å². The number of hydrogen-bond acceptors (Lipinski definition) is 2. The number of nitrogens with one attached hydrogen (secondary N) is 1. The molecule has 0 amide bonds. The zero-order chi connectivity index (χ0) is 15.4. The van der Waals surface area contributed by atoms with Crippen molar-refractivity contribution < 1.29 is 31.1 Å². The highest BCUT2D eigenvalue weighted by Crippen LogP contribution is 2.33. The summed E-state index contributed by atoms with van der Waals surface area (Å²) < 4.78 is 77.5. The van der Waals surface area contributed by atoms with Gasteiger partial charge in [-0.05, 0) is 24.6 Å². The third-order valence-electron chi connectivity index (χ3n) is 2.38. The van der Waals surface area contributed by atoms with Crippen molar-refractivity contribution in [3.63, 3.8) is 0 Å². The second-order valence-corrected chi connectivity index (χ2v) is 4.12. The molecule has 0 heterocycles. The van der Waals surface area contributed by atoms with E-state index in [0.717, 1.165) is 6.07 Å². The number of hydrogen-bond donors (Lipinski definition) is 1. The second kappa shape index (κ2) is 6.34. The standard InChI is InChI=1S/C12H13F6NO/c1-8-2-3-9(6-10(8)12(16,17)18)19-4-5-20-7-11(13,14)15/h2-3,6,19H,4-5,7H2,1H3. The van der Waals surface area contributed by atoms with Gasteiger partial charge in [0.15, 0.2) is 0 Å². The van der Waals surface area contributed by atoms with E-state index in [9.17, 15) is 26.3 Å². The molecule has 0 radical (unpaired) electrons. The van der Waals surface area contributed by atoms with Gasteiger partial charge in [-0.25, -0.2) is 0 Å². The van der Waals surface area contributed by atoms with Crippen LogP contribution >= 0.6 is 0 Å². The van der Waals surface area contributed by atoms with Crippen LogP contribution in [0.2, 0.25) is 0 Å². The molecule has 1 N–H and O–H groups in total. The number of halogens is 6. The molecule has 0 atom stereocenters. The Bertz CT molecular complexity index is 441. The maximum atomic E-state index is 12.6. The van der Waals surface area contributed by atoms with E-state index in [4.69, 9.17) is 0 Å². The molecule has 2 nitrogen and oxygen atoms in total. The molecule has 8 heteroatoms. The van der Waals surface area contributed by atoms with Crippen molar-refractivity contribution in [2.24, 2.45) is 0 Å². The van der Waals surface area contributed by atoms with Gasteiger partial charge in [0, 0.05) is 12.2 Å². The van der Waals surface area contributed by atoms with Crippen molar-refractivity contribution >= 4 is 5.69 Å². The highest BCUT2D eigenvalue weighted by atomic mass is 19.4. The van der Waals surface area contributed by atoms with E-state index in [1.807, 2.05) is 0 Å². The highest BCUT2D eigenvalue weighted by molar-refractivity contribution is 5.49. The summed E-state index contributed by atoms with van der Waals surface area (Å²) in [5, 5.41) is 2.58. The predicted octanol–water partition coefficient (Wildman–Crippen LogP) is 4.00. The minimum absolute atomic E-state index is 0.0174. The van der Waals surface area contributed by atoms with E-state index in [-0.39, 0.29) is 24.4 Å². The van der Waals surface area contributed by atoms with E-state index in [0.29, 0.717) is 0 Å². The average molecular weight is 301 g/mol. The van der Waals surface area contributed by atoms with Crippen LogP contribution in [-0.2, 0) is 10.9 Å². The maximum Gasteiger partial charge on any atom is 0.416 e. The summed E-state index contributed by atoms with van der Waals surface area (Å²) >= 11 is 0. The summed E-state index contributed by atoms with van der Waals surface area (Å²) in [5.74, 6) is 0. The number of ether oxygens (including phenoxy) is 1. The van der Waals surface area contributed by atoms with Crippen molar-refractivity contribution in [3.8, 4) is 0 Å². The molecule has 0 bridgehead atoms. The van der Waals surface area contributed by atoms with Crippen molar-refractivity contribution in [1.82, 2.24) is 0 Å². The maximum absolute atomic E-state index is 12.6. The fourth-order valence-corrected chi connectivity index (χ4v) is 1.49. The molecule has 0 aromatic heterocycles. The molecular formula is C12H13F6NO. The molecule has 0 unspecified atom stereocenters. The lowest BCUT2D eigenvalue weighted by Crippen LogP contribution is -2.20. The summed E-state index contributed by atoms with van der Waals surface area (Å²) in [5.41, 5.74) is -0.520. The molecule has 1 rings (SSSR count). The first-order chi connectivity index (χ1) is 9.09.